The molecule has 1 atom stereocenters. The second-order valence-electron chi connectivity index (χ2n) is 10.5. The van der Waals surface area contributed by atoms with Crippen molar-refractivity contribution in [1.29, 1.82) is 0 Å². The SMILES string of the molecule is CC(C)[C@H](NC(=O)OC(C)(C)C)C(=O)N1CCN(C(=O)c2ccc(OC(F)(F)F)cc2)C(C)(C)C1. The van der Waals surface area contributed by atoms with Crippen LogP contribution in [0.4, 0.5) is 18.0 Å². The Morgan fingerprint density at radius 1 is 1.03 bits per heavy atom. The molecule has 1 heterocycles. The van der Waals surface area contributed by atoms with E-state index in [1.165, 1.54) is 12.1 Å². The molecule has 0 unspecified atom stereocenters. The van der Waals surface area contributed by atoms with Gasteiger partial charge in [-0.25, -0.2) is 4.79 Å². The molecule has 1 aliphatic rings. The Morgan fingerprint density at radius 2 is 1.60 bits per heavy atom. The van der Waals surface area contributed by atoms with Crippen molar-refractivity contribution < 1.29 is 37.0 Å². The molecular formula is C24H34F3N3O5. The zero-order chi connectivity index (χ0) is 26.8. The van der Waals surface area contributed by atoms with Gasteiger partial charge in [0.25, 0.3) is 5.91 Å². The van der Waals surface area contributed by atoms with Gasteiger partial charge in [0, 0.05) is 25.2 Å². The minimum Gasteiger partial charge on any atom is -0.444 e. The van der Waals surface area contributed by atoms with Crippen molar-refractivity contribution in [2.24, 2.45) is 5.92 Å². The highest BCUT2D eigenvalue weighted by Gasteiger charge is 2.41. The van der Waals surface area contributed by atoms with E-state index < -0.39 is 35.4 Å². The van der Waals surface area contributed by atoms with Crippen LogP contribution in [0.5, 0.6) is 5.75 Å². The number of carbonyl (C=O) groups is 3. The summed E-state index contributed by atoms with van der Waals surface area (Å²) in [6, 6.07) is 3.92. The first-order chi connectivity index (χ1) is 15.9. The van der Waals surface area contributed by atoms with E-state index >= 15 is 0 Å². The summed E-state index contributed by atoms with van der Waals surface area (Å²) in [6.07, 6.45) is -5.50. The van der Waals surface area contributed by atoms with Gasteiger partial charge in [0.05, 0.1) is 5.54 Å². The number of alkyl halides is 3. The van der Waals surface area contributed by atoms with Gasteiger partial charge in [-0.2, -0.15) is 0 Å². The molecule has 1 aliphatic heterocycles. The molecular weight excluding hydrogens is 467 g/mol. The van der Waals surface area contributed by atoms with Crippen LogP contribution in [0, 0.1) is 5.92 Å². The smallest absolute Gasteiger partial charge is 0.444 e. The summed E-state index contributed by atoms with van der Waals surface area (Å²) in [7, 11) is 0. The first kappa shape index (κ1) is 28.3. The third kappa shape index (κ3) is 8.03. The number of nitrogens with zero attached hydrogens (tertiary/aromatic N) is 2. The van der Waals surface area contributed by atoms with Crippen molar-refractivity contribution >= 4 is 17.9 Å². The van der Waals surface area contributed by atoms with Gasteiger partial charge >= 0.3 is 12.5 Å². The lowest BCUT2D eigenvalue weighted by atomic mass is 9.95. The first-order valence-electron chi connectivity index (χ1n) is 11.4. The van der Waals surface area contributed by atoms with E-state index in [0.717, 1.165) is 12.1 Å². The fourth-order valence-corrected chi connectivity index (χ4v) is 3.82. The molecule has 196 valence electrons. The van der Waals surface area contributed by atoms with Crippen molar-refractivity contribution in [2.75, 3.05) is 19.6 Å². The summed E-state index contributed by atoms with van der Waals surface area (Å²) in [5.41, 5.74) is -1.27. The zero-order valence-corrected chi connectivity index (χ0v) is 21.2. The topological polar surface area (TPSA) is 88.2 Å². The van der Waals surface area contributed by atoms with E-state index in [1.807, 2.05) is 13.8 Å². The molecule has 1 aromatic carbocycles. The molecule has 1 N–H and O–H groups in total. The predicted molar refractivity (Wildman–Crippen MR) is 123 cm³/mol. The van der Waals surface area contributed by atoms with E-state index in [1.54, 1.807) is 44.4 Å². The third-order valence-electron chi connectivity index (χ3n) is 5.40. The minimum absolute atomic E-state index is 0.199. The zero-order valence-electron chi connectivity index (χ0n) is 21.2. The second kappa shape index (κ2) is 10.3. The van der Waals surface area contributed by atoms with Crippen molar-refractivity contribution in [3.63, 3.8) is 0 Å². The highest BCUT2D eigenvalue weighted by Crippen LogP contribution is 2.27. The van der Waals surface area contributed by atoms with Crippen molar-refractivity contribution in [1.82, 2.24) is 15.1 Å². The number of hydrogen-bond donors (Lipinski definition) is 1. The summed E-state index contributed by atoms with van der Waals surface area (Å²) in [4.78, 5) is 41.8. The Balaban J connectivity index is 2.10. The number of alkyl carbamates (subject to hydrolysis) is 1. The molecule has 1 saturated heterocycles. The fourth-order valence-electron chi connectivity index (χ4n) is 3.82. The normalized spacial score (nSPS) is 17.1. The number of benzene rings is 1. The number of carbonyl (C=O) groups excluding carboxylic acids is 3. The van der Waals surface area contributed by atoms with Crippen LogP contribution in [-0.2, 0) is 9.53 Å². The van der Waals surface area contributed by atoms with E-state index in [-0.39, 0.29) is 42.9 Å². The molecule has 11 heteroatoms. The maximum Gasteiger partial charge on any atom is 0.573 e. The Hall–Kier alpha value is -2.98. The van der Waals surface area contributed by atoms with E-state index in [0.29, 0.717) is 0 Å². The van der Waals surface area contributed by atoms with Gasteiger partial charge in [-0.3, -0.25) is 9.59 Å². The van der Waals surface area contributed by atoms with Crippen LogP contribution in [0.15, 0.2) is 24.3 Å². The average molecular weight is 502 g/mol. The molecule has 35 heavy (non-hydrogen) atoms. The summed E-state index contributed by atoms with van der Waals surface area (Å²) >= 11 is 0. The van der Waals surface area contributed by atoms with E-state index in [2.05, 4.69) is 10.1 Å². The van der Waals surface area contributed by atoms with Crippen molar-refractivity contribution in [3.8, 4) is 5.75 Å². The predicted octanol–water partition coefficient (Wildman–Crippen LogP) is 4.20. The molecule has 0 aromatic heterocycles. The number of hydrogen-bond acceptors (Lipinski definition) is 5. The van der Waals surface area contributed by atoms with Gasteiger partial charge in [0.1, 0.15) is 17.4 Å². The highest BCUT2D eigenvalue weighted by atomic mass is 19.4. The van der Waals surface area contributed by atoms with Crippen LogP contribution < -0.4 is 10.1 Å². The van der Waals surface area contributed by atoms with Gasteiger partial charge in [0.15, 0.2) is 0 Å². The lowest BCUT2D eigenvalue weighted by Crippen LogP contribution is -2.64. The number of halogens is 3. The lowest BCUT2D eigenvalue weighted by Gasteiger charge is -2.48. The van der Waals surface area contributed by atoms with Gasteiger partial charge in [-0.15, -0.1) is 13.2 Å². The molecule has 0 bridgehead atoms. The molecule has 0 saturated carbocycles. The van der Waals surface area contributed by atoms with E-state index in [9.17, 15) is 27.6 Å². The van der Waals surface area contributed by atoms with Crippen LogP contribution in [0.1, 0.15) is 58.8 Å². The molecule has 8 nitrogen and oxygen atoms in total. The standard InChI is InChI=1S/C24H34F3N3O5/c1-15(2)18(28-21(33)35-22(3,4)5)20(32)29-12-13-30(23(6,7)14-29)19(31)16-8-10-17(11-9-16)34-24(25,26)27/h8-11,15,18H,12-14H2,1-7H3,(H,28,33)/t18-/m0/s1. The maximum atomic E-state index is 13.3. The summed E-state index contributed by atoms with van der Waals surface area (Å²) in [5.74, 6) is -1.26. The highest BCUT2D eigenvalue weighted by molar-refractivity contribution is 5.95. The second-order valence-corrected chi connectivity index (χ2v) is 10.5. The summed E-state index contributed by atoms with van der Waals surface area (Å²) in [6.45, 7) is 13.1. The monoisotopic (exact) mass is 501 g/mol. The van der Waals surface area contributed by atoms with Crippen molar-refractivity contribution in [2.45, 2.75) is 72.0 Å². The lowest BCUT2D eigenvalue weighted by molar-refractivity contribution is -0.274. The summed E-state index contributed by atoms with van der Waals surface area (Å²) < 4.78 is 46.3. The molecule has 2 rings (SSSR count). The third-order valence-corrected chi connectivity index (χ3v) is 5.40. The Kier molecular flexibility index (Phi) is 8.34. The number of amides is 3. The number of rotatable bonds is 5. The number of nitrogens with one attached hydrogen (secondary N) is 1. The minimum atomic E-state index is -4.82. The van der Waals surface area contributed by atoms with Gasteiger partial charge in [-0.1, -0.05) is 13.8 Å². The molecule has 1 aromatic rings. The molecule has 1 fully saturated rings. The molecule has 0 spiro atoms. The largest absolute Gasteiger partial charge is 0.573 e. The van der Waals surface area contributed by atoms with Gasteiger partial charge in [0.2, 0.25) is 5.91 Å². The fraction of sp³-hybridized carbons (Fsp3) is 0.625. The van der Waals surface area contributed by atoms with Gasteiger partial charge in [-0.05, 0) is 64.8 Å². The van der Waals surface area contributed by atoms with Crippen LogP contribution in [0.25, 0.3) is 0 Å². The molecule has 3 amide bonds. The maximum absolute atomic E-state index is 13.3. The first-order valence-corrected chi connectivity index (χ1v) is 11.4. The Bertz CT molecular complexity index is 924. The Morgan fingerprint density at radius 3 is 2.06 bits per heavy atom. The van der Waals surface area contributed by atoms with Crippen LogP contribution in [-0.4, -0.2) is 70.9 Å². The Labute approximate surface area is 203 Å². The molecule has 0 aliphatic carbocycles. The molecule has 0 radical (unpaired) electrons. The van der Waals surface area contributed by atoms with Crippen molar-refractivity contribution in [3.05, 3.63) is 29.8 Å². The van der Waals surface area contributed by atoms with Crippen LogP contribution in [0.2, 0.25) is 0 Å². The number of ether oxygens (including phenoxy) is 2. The average Bonchev–Trinajstić information content (AvgIpc) is 2.68. The summed E-state index contributed by atoms with van der Waals surface area (Å²) in [5, 5.41) is 2.65. The van der Waals surface area contributed by atoms with Gasteiger partial charge < -0.3 is 24.6 Å². The van der Waals surface area contributed by atoms with Crippen LogP contribution >= 0.6 is 0 Å². The number of piperazine rings is 1. The van der Waals surface area contributed by atoms with Crippen LogP contribution in [0.3, 0.4) is 0 Å². The van der Waals surface area contributed by atoms with E-state index in [4.69, 9.17) is 4.74 Å². The quantitative estimate of drug-likeness (QED) is 0.654.